The van der Waals surface area contributed by atoms with E-state index in [1.54, 1.807) is 6.33 Å². The van der Waals surface area contributed by atoms with Gasteiger partial charge in [-0.05, 0) is 57.4 Å². The first-order chi connectivity index (χ1) is 15.3. The molecule has 1 saturated heterocycles. The van der Waals surface area contributed by atoms with Crippen LogP contribution in [-0.2, 0) is 11.2 Å². The van der Waals surface area contributed by atoms with Crippen LogP contribution in [0, 0.1) is 0 Å². The fourth-order valence-electron chi connectivity index (χ4n) is 4.75. The zero-order valence-electron chi connectivity index (χ0n) is 19.6. The number of piperazine rings is 1. The van der Waals surface area contributed by atoms with Crippen molar-refractivity contribution in [3.8, 4) is 0 Å². The molecule has 2 aliphatic rings. The summed E-state index contributed by atoms with van der Waals surface area (Å²) in [5, 5.41) is 0.692. The number of aromatic nitrogens is 2. The summed E-state index contributed by atoms with van der Waals surface area (Å²) >= 11 is 6.10. The van der Waals surface area contributed by atoms with Crippen molar-refractivity contribution in [1.82, 2.24) is 19.8 Å². The topological polar surface area (TPSA) is 52.6 Å². The Morgan fingerprint density at radius 1 is 1.16 bits per heavy atom. The first-order valence-corrected chi connectivity index (χ1v) is 12.1. The van der Waals surface area contributed by atoms with Gasteiger partial charge in [-0.1, -0.05) is 30.7 Å². The van der Waals surface area contributed by atoms with Crippen molar-refractivity contribution in [2.24, 2.45) is 0 Å². The van der Waals surface area contributed by atoms with Crippen LogP contribution in [0.5, 0.6) is 0 Å². The van der Waals surface area contributed by atoms with Crippen LogP contribution in [0.15, 0.2) is 30.6 Å². The summed E-state index contributed by atoms with van der Waals surface area (Å²) in [6.45, 7) is 10.3. The summed E-state index contributed by atoms with van der Waals surface area (Å²) in [5.74, 6) is 1.57. The maximum Gasteiger partial charge on any atom is 0.231 e. The van der Waals surface area contributed by atoms with Gasteiger partial charge in [0.1, 0.15) is 12.1 Å². The minimum atomic E-state index is -0.200. The Hall–Kier alpha value is -2.18. The predicted molar refractivity (Wildman–Crippen MR) is 130 cm³/mol. The van der Waals surface area contributed by atoms with Crippen LogP contribution in [0.4, 0.5) is 5.82 Å². The van der Waals surface area contributed by atoms with Crippen LogP contribution in [0.3, 0.4) is 0 Å². The highest BCUT2D eigenvalue weighted by Gasteiger charge is 2.32. The number of benzene rings is 1. The van der Waals surface area contributed by atoms with E-state index in [-0.39, 0.29) is 11.8 Å². The molecule has 1 aliphatic carbocycles. The van der Waals surface area contributed by atoms with Crippen molar-refractivity contribution >= 4 is 23.3 Å². The van der Waals surface area contributed by atoms with Crippen molar-refractivity contribution in [3.63, 3.8) is 0 Å². The average Bonchev–Trinajstić information content (AvgIpc) is 3.18. The molecular weight excluding hydrogens is 422 g/mol. The lowest BCUT2D eigenvalue weighted by atomic mass is 9.96. The first-order valence-electron chi connectivity index (χ1n) is 11.7. The lowest BCUT2D eigenvalue weighted by molar-refractivity contribution is -0.133. The standard InChI is InChI=1S/C25H34ClN5O/c1-17(2)29(4)15-21(19-6-8-20(26)9-7-19)25(32)31-13-11-30(12-14-31)24-23-18(3)5-10-22(23)27-16-28-24/h6-9,16-18,21H,5,10-15H2,1-4H3. The predicted octanol–water partition coefficient (Wildman–Crippen LogP) is 3.95. The van der Waals surface area contributed by atoms with Crippen LogP contribution in [-0.4, -0.2) is 71.5 Å². The number of nitrogens with zero attached hydrogens (tertiary/aromatic N) is 5. The van der Waals surface area contributed by atoms with Crippen LogP contribution in [0.1, 0.15) is 55.8 Å². The van der Waals surface area contributed by atoms with Gasteiger partial charge in [-0.2, -0.15) is 0 Å². The summed E-state index contributed by atoms with van der Waals surface area (Å²) in [6.07, 6.45) is 3.88. The van der Waals surface area contributed by atoms with Crippen LogP contribution >= 0.6 is 11.6 Å². The Bertz CT molecular complexity index is 940. The number of hydrogen-bond donors (Lipinski definition) is 0. The van der Waals surface area contributed by atoms with Crippen LogP contribution in [0.2, 0.25) is 5.02 Å². The van der Waals surface area contributed by atoms with Gasteiger partial charge in [-0.3, -0.25) is 4.79 Å². The van der Waals surface area contributed by atoms with E-state index in [1.807, 2.05) is 29.2 Å². The van der Waals surface area contributed by atoms with Gasteiger partial charge in [0.05, 0.1) is 5.92 Å². The van der Waals surface area contributed by atoms with Gasteiger partial charge in [0, 0.05) is 55.0 Å². The van der Waals surface area contributed by atoms with Crippen molar-refractivity contribution < 1.29 is 4.79 Å². The molecule has 0 N–H and O–H groups in total. The highest BCUT2D eigenvalue weighted by Crippen LogP contribution is 2.37. The smallest absolute Gasteiger partial charge is 0.231 e. The molecule has 0 bridgehead atoms. The molecule has 0 radical (unpaired) electrons. The second-order valence-electron chi connectivity index (χ2n) is 9.45. The molecule has 6 nitrogen and oxygen atoms in total. The summed E-state index contributed by atoms with van der Waals surface area (Å²) in [4.78, 5) is 29.4. The number of hydrogen-bond acceptors (Lipinski definition) is 5. The lowest BCUT2D eigenvalue weighted by Gasteiger charge is -2.38. The van der Waals surface area contributed by atoms with E-state index in [9.17, 15) is 4.79 Å². The number of amides is 1. The SMILES string of the molecule is CC1CCc2ncnc(N3CCN(C(=O)C(CN(C)C(C)C)c4ccc(Cl)cc4)CC3)c21. The van der Waals surface area contributed by atoms with E-state index in [0.717, 1.165) is 37.3 Å². The normalized spacial score (nSPS) is 19.5. The molecule has 7 heteroatoms. The molecule has 2 atom stereocenters. The fraction of sp³-hybridized carbons (Fsp3) is 0.560. The third-order valence-electron chi connectivity index (χ3n) is 7.07. The third-order valence-corrected chi connectivity index (χ3v) is 7.32. The largest absolute Gasteiger partial charge is 0.353 e. The number of carbonyl (C=O) groups excluding carboxylic acids is 1. The molecule has 1 aromatic heterocycles. The molecule has 2 aromatic rings. The highest BCUT2D eigenvalue weighted by atomic mass is 35.5. The summed E-state index contributed by atoms with van der Waals surface area (Å²) in [6, 6.07) is 8.10. The van der Waals surface area contributed by atoms with Gasteiger partial charge in [0.15, 0.2) is 0 Å². The molecule has 0 saturated carbocycles. The van der Waals surface area contributed by atoms with E-state index in [0.29, 0.717) is 36.6 Å². The summed E-state index contributed by atoms with van der Waals surface area (Å²) in [5.41, 5.74) is 3.53. The monoisotopic (exact) mass is 455 g/mol. The lowest BCUT2D eigenvalue weighted by Crippen LogP contribution is -2.51. The molecule has 1 fully saturated rings. The number of likely N-dealkylation sites (N-methyl/N-ethyl adjacent to an activating group) is 1. The molecule has 1 amide bonds. The molecular formula is C25H34ClN5O. The maximum absolute atomic E-state index is 13.6. The van der Waals surface area contributed by atoms with Crippen molar-refractivity contribution in [2.75, 3.05) is 44.7 Å². The molecule has 172 valence electrons. The van der Waals surface area contributed by atoms with E-state index in [2.05, 4.69) is 47.6 Å². The number of anilines is 1. The quantitative estimate of drug-likeness (QED) is 0.660. The Kier molecular flexibility index (Phi) is 7.01. The molecule has 4 rings (SSSR count). The van der Waals surface area contributed by atoms with Crippen LogP contribution < -0.4 is 4.90 Å². The van der Waals surface area contributed by atoms with Gasteiger partial charge in [-0.25, -0.2) is 9.97 Å². The summed E-state index contributed by atoms with van der Waals surface area (Å²) < 4.78 is 0. The van der Waals surface area contributed by atoms with Gasteiger partial charge in [0.25, 0.3) is 0 Å². The molecule has 1 aliphatic heterocycles. The van der Waals surface area contributed by atoms with Crippen LogP contribution in [0.25, 0.3) is 0 Å². The number of fused-ring (bicyclic) bond motifs is 1. The Morgan fingerprint density at radius 3 is 2.50 bits per heavy atom. The van der Waals surface area contributed by atoms with E-state index >= 15 is 0 Å². The molecule has 2 heterocycles. The molecule has 2 unspecified atom stereocenters. The Morgan fingerprint density at radius 2 is 1.84 bits per heavy atom. The first kappa shape index (κ1) is 23.0. The molecule has 32 heavy (non-hydrogen) atoms. The van der Waals surface area contributed by atoms with Crippen molar-refractivity contribution in [1.29, 1.82) is 0 Å². The zero-order valence-corrected chi connectivity index (χ0v) is 20.3. The second-order valence-corrected chi connectivity index (χ2v) is 9.88. The number of carbonyl (C=O) groups is 1. The van der Waals surface area contributed by atoms with Crippen molar-refractivity contribution in [3.05, 3.63) is 52.4 Å². The number of rotatable bonds is 6. The van der Waals surface area contributed by atoms with E-state index in [4.69, 9.17) is 11.6 Å². The van der Waals surface area contributed by atoms with E-state index in [1.165, 1.54) is 11.3 Å². The molecule has 0 spiro atoms. The summed E-state index contributed by atoms with van der Waals surface area (Å²) in [7, 11) is 2.08. The Labute approximate surface area is 196 Å². The fourth-order valence-corrected chi connectivity index (χ4v) is 4.88. The van der Waals surface area contributed by atoms with Gasteiger partial charge in [-0.15, -0.1) is 0 Å². The highest BCUT2D eigenvalue weighted by molar-refractivity contribution is 6.30. The zero-order chi connectivity index (χ0) is 22.8. The maximum atomic E-state index is 13.6. The average molecular weight is 456 g/mol. The third kappa shape index (κ3) is 4.76. The number of halogens is 1. The molecule has 1 aromatic carbocycles. The number of aryl methyl sites for hydroxylation is 1. The van der Waals surface area contributed by atoms with Gasteiger partial charge in [0.2, 0.25) is 5.91 Å². The van der Waals surface area contributed by atoms with Gasteiger partial charge >= 0.3 is 0 Å². The Balaban J connectivity index is 1.48. The van der Waals surface area contributed by atoms with Crippen molar-refractivity contribution in [2.45, 2.75) is 51.5 Å². The van der Waals surface area contributed by atoms with E-state index < -0.39 is 0 Å². The van der Waals surface area contributed by atoms with Gasteiger partial charge < -0.3 is 14.7 Å². The minimum Gasteiger partial charge on any atom is -0.353 e. The second kappa shape index (κ2) is 9.75. The minimum absolute atomic E-state index is 0.195.